The van der Waals surface area contributed by atoms with Gasteiger partial charge in [-0.05, 0) is 25.5 Å². The van der Waals surface area contributed by atoms with E-state index in [1.165, 1.54) is 16.4 Å². The molecule has 8 heteroatoms. The molecular formula is C13H17N5O2S. The van der Waals surface area contributed by atoms with Gasteiger partial charge in [-0.25, -0.2) is 4.68 Å². The maximum atomic E-state index is 11.6. The number of hydrogen-bond acceptors (Lipinski definition) is 7. The summed E-state index contributed by atoms with van der Waals surface area (Å²) in [4.78, 5) is 15.6. The highest BCUT2D eigenvalue weighted by Gasteiger charge is 2.15. The van der Waals surface area contributed by atoms with Crippen molar-refractivity contribution in [3.63, 3.8) is 0 Å². The zero-order chi connectivity index (χ0) is 15.2. The number of aromatic nitrogens is 4. The van der Waals surface area contributed by atoms with E-state index in [4.69, 9.17) is 10.6 Å². The number of nitrogen functional groups attached to an aromatic ring is 1. The first kappa shape index (κ1) is 15.3. The Labute approximate surface area is 126 Å². The summed E-state index contributed by atoms with van der Waals surface area (Å²) in [5.41, 5.74) is 0.814. The highest BCUT2D eigenvalue weighted by atomic mass is 32.2. The van der Waals surface area contributed by atoms with Crippen molar-refractivity contribution in [2.24, 2.45) is 0 Å². The molecule has 0 spiro atoms. The predicted molar refractivity (Wildman–Crippen MR) is 80.0 cm³/mol. The molecule has 21 heavy (non-hydrogen) atoms. The Morgan fingerprint density at radius 3 is 2.81 bits per heavy atom. The van der Waals surface area contributed by atoms with Gasteiger partial charge in [-0.2, -0.15) is 0 Å². The van der Waals surface area contributed by atoms with Gasteiger partial charge in [-0.3, -0.25) is 9.78 Å². The van der Waals surface area contributed by atoms with Crippen molar-refractivity contribution in [2.45, 2.75) is 31.5 Å². The van der Waals surface area contributed by atoms with E-state index in [2.05, 4.69) is 15.2 Å². The number of carbonyl (C=O) groups excluding carboxylic acids is 1. The monoisotopic (exact) mass is 307 g/mol. The van der Waals surface area contributed by atoms with E-state index in [-0.39, 0.29) is 17.8 Å². The third kappa shape index (κ3) is 3.94. The highest BCUT2D eigenvalue weighted by Crippen LogP contribution is 2.21. The number of nitrogens with zero attached hydrogens (tertiary/aromatic N) is 4. The van der Waals surface area contributed by atoms with Gasteiger partial charge < -0.3 is 10.6 Å². The number of thioether (sulfide) groups is 1. The molecule has 2 heterocycles. The van der Waals surface area contributed by atoms with Gasteiger partial charge in [0.2, 0.25) is 5.16 Å². The van der Waals surface area contributed by atoms with Gasteiger partial charge in [0.1, 0.15) is 0 Å². The van der Waals surface area contributed by atoms with Crippen molar-refractivity contribution in [3.05, 3.63) is 24.5 Å². The van der Waals surface area contributed by atoms with Crippen LogP contribution in [0.2, 0.25) is 0 Å². The second-order valence-corrected chi connectivity index (χ2v) is 5.35. The van der Waals surface area contributed by atoms with E-state index in [0.29, 0.717) is 11.0 Å². The number of rotatable bonds is 6. The first-order chi connectivity index (χ1) is 10.1. The van der Waals surface area contributed by atoms with Crippen LogP contribution in [0.25, 0.3) is 11.4 Å². The largest absolute Gasteiger partial charge is 0.462 e. The van der Waals surface area contributed by atoms with Gasteiger partial charge in [0, 0.05) is 18.0 Å². The molecule has 0 saturated carbocycles. The van der Waals surface area contributed by atoms with Crippen LogP contribution in [0.1, 0.15) is 20.3 Å². The Morgan fingerprint density at radius 1 is 1.43 bits per heavy atom. The Kier molecular flexibility index (Phi) is 5.15. The molecule has 1 atom stereocenters. The summed E-state index contributed by atoms with van der Waals surface area (Å²) in [7, 11) is 0. The topological polar surface area (TPSA) is 95.9 Å². The molecule has 0 fully saturated rings. The zero-order valence-corrected chi connectivity index (χ0v) is 12.7. The average molecular weight is 307 g/mol. The normalized spacial score (nSPS) is 12.1. The fourth-order valence-electron chi connectivity index (χ4n) is 1.54. The minimum absolute atomic E-state index is 0.0822. The fourth-order valence-corrected chi connectivity index (χ4v) is 2.18. The van der Waals surface area contributed by atoms with Crippen molar-refractivity contribution in [1.29, 1.82) is 0 Å². The Morgan fingerprint density at radius 2 is 2.14 bits per heavy atom. The Bertz CT molecular complexity index is 602. The smallest absolute Gasteiger partial charge is 0.316 e. The van der Waals surface area contributed by atoms with Gasteiger partial charge in [0.05, 0.1) is 11.9 Å². The molecule has 0 amide bonds. The standard InChI is InChI=1S/C13H17N5O2S/c1-3-9(2)20-11(19)8-21-13-17-16-12(18(13)14)10-4-6-15-7-5-10/h4-7,9H,3,8,14H2,1-2H3/t9-/m0/s1. The van der Waals surface area contributed by atoms with Crippen LogP contribution in [0.15, 0.2) is 29.7 Å². The minimum Gasteiger partial charge on any atom is -0.462 e. The number of esters is 1. The molecule has 2 aromatic heterocycles. The van der Waals surface area contributed by atoms with Crippen LogP contribution in [-0.4, -0.2) is 37.7 Å². The Balaban J connectivity index is 2.00. The number of ether oxygens (including phenoxy) is 1. The number of nitrogens with two attached hydrogens (primary N) is 1. The summed E-state index contributed by atoms with van der Waals surface area (Å²) >= 11 is 1.20. The SMILES string of the molecule is CC[C@H](C)OC(=O)CSc1nnc(-c2ccncc2)n1N. The van der Waals surface area contributed by atoms with E-state index in [1.807, 2.05) is 13.8 Å². The maximum Gasteiger partial charge on any atom is 0.316 e. The third-order valence-corrected chi connectivity index (χ3v) is 3.75. The lowest BCUT2D eigenvalue weighted by Gasteiger charge is -2.10. The lowest BCUT2D eigenvalue weighted by atomic mass is 10.2. The average Bonchev–Trinajstić information content (AvgIpc) is 2.87. The zero-order valence-electron chi connectivity index (χ0n) is 11.9. The van der Waals surface area contributed by atoms with E-state index in [1.54, 1.807) is 24.5 Å². The van der Waals surface area contributed by atoms with Crippen LogP contribution in [0, 0.1) is 0 Å². The Hall–Kier alpha value is -2.09. The van der Waals surface area contributed by atoms with Gasteiger partial charge in [-0.15, -0.1) is 10.2 Å². The highest BCUT2D eigenvalue weighted by molar-refractivity contribution is 7.99. The van der Waals surface area contributed by atoms with Crippen LogP contribution in [0.5, 0.6) is 0 Å². The molecule has 0 saturated heterocycles. The molecular weight excluding hydrogens is 290 g/mol. The van der Waals surface area contributed by atoms with Crippen LogP contribution >= 0.6 is 11.8 Å². The summed E-state index contributed by atoms with van der Waals surface area (Å²) in [6.07, 6.45) is 4.01. The van der Waals surface area contributed by atoms with Gasteiger partial charge in [-0.1, -0.05) is 18.7 Å². The first-order valence-corrected chi connectivity index (χ1v) is 7.53. The third-order valence-electron chi connectivity index (χ3n) is 2.83. The molecule has 112 valence electrons. The second kappa shape index (κ2) is 7.07. The molecule has 0 bridgehead atoms. The van der Waals surface area contributed by atoms with Crippen molar-refractivity contribution < 1.29 is 9.53 Å². The first-order valence-electron chi connectivity index (χ1n) is 6.55. The summed E-state index contributed by atoms with van der Waals surface area (Å²) in [6, 6.07) is 3.58. The summed E-state index contributed by atoms with van der Waals surface area (Å²) in [5, 5.41) is 8.48. The molecule has 2 rings (SSSR count). The van der Waals surface area contributed by atoms with Gasteiger partial charge >= 0.3 is 5.97 Å². The maximum absolute atomic E-state index is 11.6. The van der Waals surface area contributed by atoms with Crippen LogP contribution in [-0.2, 0) is 9.53 Å². The molecule has 0 aliphatic carbocycles. The number of hydrogen-bond donors (Lipinski definition) is 1. The van der Waals surface area contributed by atoms with E-state index >= 15 is 0 Å². The van der Waals surface area contributed by atoms with Crippen molar-refractivity contribution >= 4 is 17.7 Å². The lowest BCUT2D eigenvalue weighted by Crippen LogP contribution is -2.17. The lowest BCUT2D eigenvalue weighted by molar-refractivity contribution is -0.144. The van der Waals surface area contributed by atoms with E-state index in [9.17, 15) is 4.79 Å². The van der Waals surface area contributed by atoms with Gasteiger partial charge in [0.25, 0.3) is 0 Å². The van der Waals surface area contributed by atoms with E-state index in [0.717, 1.165) is 12.0 Å². The molecule has 0 aliphatic heterocycles. The van der Waals surface area contributed by atoms with Gasteiger partial charge in [0.15, 0.2) is 5.82 Å². The summed E-state index contributed by atoms with van der Waals surface area (Å²) in [6.45, 7) is 3.82. The van der Waals surface area contributed by atoms with Crippen LogP contribution in [0.3, 0.4) is 0 Å². The predicted octanol–water partition coefficient (Wildman–Crippen LogP) is 1.49. The minimum atomic E-state index is -0.289. The van der Waals surface area contributed by atoms with Crippen LogP contribution in [0.4, 0.5) is 0 Å². The molecule has 2 N–H and O–H groups in total. The van der Waals surface area contributed by atoms with Crippen molar-refractivity contribution in [3.8, 4) is 11.4 Å². The fraction of sp³-hybridized carbons (Fsp3) is 0.385. The van der Waals surface area contributed by atoms with E-state index < -0.39 is 0 Å². The van der Waals surface area contributed by atoms with Crippen molar-refractivity contribution in [1.82, 2.24) is 19.9 Å². The molecule has 0 radical (unpaired) electrons. The number of carbonyl (C=O) groups is 1. The molecule has 0 aliphatic rings. The van der Waals surface area contributed by atoms with Crippen molar-refractivity contribution in [2.75, 3.05) is 11.6 Å². The quantitative estimate of drug-likeness (QED) is 0.490. The number of pyridine rings is 1. The second-order valence-electron chi connectivity index (χ2n) is 4.41. The molecule has 7 nitrogen and oxygen atoms in total. The molecule has 0 unspecified atom stereocenters. The molecule has 2 aromatic rings. The summed E-state index contributed by atoms with van der Waals surface area (Å²) in [5.74, 6) is 6.33. The van der Waals surface area contributed by atoms with Crippen LogP contribution < -0.4 is 5.84 Å². The summed E-state index contributed by atoms with van der Waals surface area (Å²) < 4.78 is 6.54. The molecule has 0 aromatic carbocycles.